The minimum Gasteiger partial charge on any atom is -0.475 e. The zero-order chi connectivity index (χ0) is 23.1. The molecule has 0 spiro atoms. The van der Waals surface area contributed by atoms with Gasteiger partial charge in [-0.05, 0) is 49.6 Å². The van der Waals surface area contributed by atoms with Crippen LogP contribution in [0, 0.1) is 17.8 Å². The number of hydrogen-bond donors (Lipinski definition) is 2. The Morgan fingerprint density at radius 3 is 2.47 bits per heavy atom. The SMILES string of the molecule is O=C(C[C@@H]1OC[C@H]2CN(CCc3ccccc3)CC[C@H]21)NCC1CC1.O=C(O)C(F)(F)F. The number of carbonyl (C=O) groups excluding carboxylic acids is 1. The summed E-state index contributed by atoms with van der Waals surface area (Å²) in [5.74, 6) is -0.656. The van der Waals surface area contributed by atoms with E-state index >= 15 is 0 Å². The molecule has 178 valence electrons. The fourth-order valence-corrected chi connectivity index (χ4v) is 4.34. The molecule has 2 heterocycles. The second kappa shape index (κ2) is 11.1. The first-order valence-electron chi connectivity index (χ1n) is 11.2. The number of rotatable bonds is 7. The van der Waals surface area contributed by atoms with E-state index in [0.29, 0.717) is 18.3 Å². The van der Waals surface area contributed by atoms with Crippen molar-refractivity contribution in [1.29, 1.82) is 0 Å². The van der Waals surface area contributed by atoms with Gasteiger partial charge >= 0.3 is 12.1 Å². The second-order valence-electron chi connectivity index (χ2n) is 8.88. The van der Waals surface area contributed by atoms with Crippen molar-refractivity contribution >= 4 is 11.9 Å². The molecule has 1 aliphatic carbocycles. The van der Waals surface area contributed by atoms with Crippen LogP contribution in [0.1, 0.15) is 31.2 Å². The summed E-state index contributed by atoms with van der Waals surface area (Å²) in [7, 11) is 0. The van der Waals surface area contributed by atoms with Crippen LogP contribution in [0.3, 0.4) is 0 Å². The molecular weight excluding hydrogens is 425 g/mol. The van der Waals surface area contributed by atoms with E-state index in [1.165, 1.54) is 24.8 Å². The summed E-state index contributed by atoms with van der Waals surface area (Å²) < 4.78 is 37.8. The topological polar surface area (TPSA) is 78.9 Å². The molecule has 0 aromatic heterocycles. The summed E-state index contributed by atoms with van der Waals surface area (Å²) in [5.41, 5.74) is 1.41. The van der Waals surface area contributed by atoms with Gasteiger partial charge in [0.2, 0.25) is 5.91 Å². The van der Waals surface area contributed by atoms with E-state index in [2.05, 4.69) is 40.5 Å². The molecule has 1 aromatic rings. The van der Waals surface area contributed by atoms with Crippen molar-refractivity contribution in [2.24, 2.45) is 17.8 Å². The fraction of sp³-hybridized carbons (Fsp3) is 0.652. The molecule has 2 aliphatic heterocycles. The van der Waals surface area contributed by atoms with Crippen molar-refractivity contribution in [3.63, 3.8) is 0 Å². The molecule has 0 radical (unpaired) electrons. The van der Waals surface area contributed by atoms with E-state index in [-0.39, 0.29) is 12.0 Å². The van der Waals surface area contributed by atoms with Gasteiger partial charge in [-0.2, -0.15) is 13.2 Å². The largest absolute Gasteiger partial charge is 0.490 e. The average molecular weight is 457 g/mol. The van der Waals surface area contributed by atoms with Gasteiger partial charge < -0.3 is 20.1 Å². The zero-order valence-electron chi connectivity index (χ0n) is 18.0. The van der Waals surface area contributed by atoms with Gasteiger partial charge in [-0.15, -0.1) is 0 Å². The van der Waals surface area contributed by atoms with Gasteiger partial charge in [0.1, 0.15) is 0 Å². The normalized spacial score (nSPS) is 25.4. The first-order valence-corrected chi connectivity index (χ1v) is 11.2. The quantitative estimate of drug-likeness (QED) is 0.659. The number of alkyl halides is 3. The number of nitrogens with zero attached hydrogens (tertiary/aromatic N) is 1. The highest BCUT2D eigenvalue weighted by atomic mass is 19.4. The number of hydrogen-bond acceptors (Lipinski definition) is 4. The molecule has 3 aliphatic rings. The number of carboxylic acid groups (broad SMARTS) is 1. The number of carboxylic acids is 1. The van der Waals surface area contributed by atoms with E-state index in [9.17, 15) is 18.0 Å². The minimum atomic E-state index is -5.08. The molecule has 1 aromatic carbocycles. The lowest BCUT2D eigenvalue weighted by atomic mass is 9.83. The standard InChI is InChI=1S/C21H30N2O2.C2HF3O2/c24-21(22-13-17-6-7-17)12-20-19-9-11-23(14-18(19)15-25-20)10-8-16-4-2-1-3-5-16;3-2(4,5)1(6)7/h1-5,17-20H,6-15H2,(H,22,24);(H,6,7)/t18-,19-,20+;/m1./s1. The third-order valence-corrected chi connectivity index (χ3v) is 6.35. The molecule has 3 atom stereocenters. The van der Waals surface area contributed by atoms with Crippen LogP contribution >= 0.6 is 0 Å². The first kappa shape index (κ1) is 24.5. The van der Waals surface area contributed by atoms with Crippen molar-refractivity contribution in [1.82, 2.24) is 10.2 Å². The number of likely N-dealkylation sites (tertiary alicyclic amines) is 1. The van der Waals surface area contributed by atoms with Crippen LogP contribution in [0.5, 0.6) is 0 Å². The molecule has 1 amide bonds. The Bertz CT molecular complexity index is 755. The van der Waals surface area contributed by atoms with E-state index in [4.69, 9.17) is 14.6 Å². The Hall–Kier alpha value is -2.13. The molecule has 32 heavy (non-hydrogen) atoms. The second-order valence-corrected chi connectivity index (χ2v) is 8.88. The van der Waals surface area contributed by atoms with Crippen LogP contribution < -0.4 is 5.32 Å². The number of carbonyl (C=O) groups is 2. The summed E-state index contributed by atoms with van der Waals surface area (Å²) in [5, 5.41) is 10.2. The maximum absolute atomic E-state index is 12.1. The van der Waals surface area contributed by atoms with Crippen LogP contribution in [-0.2, 0) is 20.7 Å². The number of fused-ring (bicyclic) bond motifs is 1. The van der Waals surface area contributed by atoms with Gasteiger partial charge in [-0.25, -0.2) is 4.79 Å². The van der Waals surface area contributed by atoms with Crippen molar-refractivity contribution in [2.45, 2.75) is 44.4 Å². The molecular formula is C23H31F3N2O4. The number of halogens is 3. The van der Waals surface area contributed by atoms with Gasteiger partial charge in [0.15, 0.2) is 0 Å². The maximum Gasteiger partial charge on any atom is 0.490 e. The van der Waals surface area contributed by atoms with Gasteiger partial charge in [-0.3, -0.25) is 4.79 Å². The van der Waals surface area contributed by atoms with E-state index < -0.39 is 12.1 Å². The Morgan fingerprint density at radius 2 is 1.84 bits per heavy atom. The van der Waals surface area contributed by atoms with Gasteiger partial charge in [0.05, 0.1) is 19.1 Å². The predicted molar refractivity (Wildman–Crippen MR) is 112 cm³/mol. The van der Waals surface area contributed by atoms with Crippen LogP contribution in [0.2, 0.25) is 0 Å². The molecule has 2 saturated heterocycles. The molecule has 2 N–H and O–H groups in total. The number of nitrogens with one attached hydrogen (secondary N) is 1. The number of ether oxygens (including phenoxy) is 1. The molecule has 3 fully saturated rings. The number of aliphatic carboxylic acids is 1. The zero-order valence-corrected chi connectivity index (χ0v) is 18.0. The highest BCUT2D eigenvalue weighted by molar-refractivity contribution is 5.76. The third kappa shape index (κ3) is 7.78. The molecule has 4 rings (SSSR count). The Kier molecular flexibility index (Phi) is 8.53. The lowest BCUT2D eigenvalue weighted by Crippen LogP contribution is -2.43. The fourth-order valence-electron chi connectivity index (χ4n) is 4.34. The summed E-state index contributed by atoms with van der Waals surface area (Å²) in [6.45, 7) is 5.08. The van der Waals surface area contributed by atoms with Gasteiger partial charge in [-0.1, -0.05) is 30.3 Å². The highest BCUT2D eigenvalue weighted by Crippen LogP contribution is 2.36. The summed E-state index contributed by atoms with van der Waals surface area (Å²) >= 11 is 0. The number of amides is 1. The minimum absolute atomic E-state index is 0.139. The molecule has 0 bridgehead atoms. The van der Waals surface area contributed by atoms with Crippen molar-refractivity contribution in [3.05, 3.63) is 35.9 Å². The Morgan fingerprint density at radius 1 is 1.16 bits per heavy atom. The third-order valence-electron chi connectivity index (χ3n) is 6.35. The van der Waals surface area contributed by atoms with Gasteiger partial charge in [0, 0.05) is 25.6 Å². The summed E-state index contributed by atoms with van der Waals surface area (Å²) in [6, 6.07) is 10.7. The van der Waals surface area contributed by atoms with Crippen LogP contribution in [0.15, 0.2) is 30.3 Å². The predicted octanol–water partition coefficient (Wildman–Crippen LogP) is 3.12. The van der Waals surface area contributed by atoms with Crippen molar-refractivity contribution in [2.75, 3.05) is 32.8 Å². The Labute approximate surface area is 186 Å². The van der Waals surface area contributed by atoms with Crippen LogP contribution in [0.4, 0.5) is 13.2 Å². The monoisotopic (exact) mass is 456 g/mol. The first-order chi connectivity index (χ1) is 15.2. The molecule has 0 unspecified atom stereocenters. The molecule has 1 saturated carbocycles. The van der Waals surface area contributed by atoms with Crippen LogP contribution in [0.25, 0.3) is 0 Å². The lowest BCUT2D eigenvalue weighted by Gasteiger charge is -2.35. The highest BCUT2D eigenvalue weighted by Gasteiger charge is 2.41. The van der Waals surface area contributed by atoms with E-state index in [0.717, 1.165) is 45.1 Å². The van der Waals surface area contributed by atoms with E-state index in [1.807, 2.05) is 0 Å². The van der Waals surface area contributed by atoms with Crippen molar-refractivity contribution < 1.29 is 32.6 Å². The summed E-state index contributed by atoms with van der Waals surface area (Å²) in [4.78, 5) is 23.6. The number of piperidine rings is 1. The lowest BCUT2D eigenvalue weighted by molar-refractivity contribution is -0.192. The Balaban J connectivity index is 0.000000360. The summed E-state index contributed by atoms with van der Waals surface area (Å²) in [6.07, 6.45) is 0.456. The number of benzene rings is 1. The smallest absolute Gasteiger partial charge is 0.475 e. The van der Waals surface area contributed by atoms with Crippen LogP contribution in [-0.4, -0.2) is 66.9 Å². The molecule has 6 nitrogen and oxygen atoms in total. The maximum atomic E-state index is 12.1. The molecule has 9 heteroatoms. The average Bonchev–Trinajstić information content (AvgIpc) is 3.51. The van der Waals surface area contributed by atoms with E-state index in [1.54, 1.807) is 0 Å². The van der Waals surface area contributed by atoms with Gasteiger partial charge in [0.25, 0.3) is 0 Å². The van der Waals surface area contributed by atoms with Crippen molar-refractivity contribution in [3.8, 4) is 0 Å².